The summed E-state index contributed by atoms with van der Waals surface area (Å²) in [6.45, 7) is 17.0. The van der Waals surface area contributed by atoms with Crippen molar-refractivity contribution in [3.05, 3.63) is 63.6 Å². The van der Waals surface area contributed by atoms with Crippen LogP contribution in [0.4, 0.5) is 0 Å². The van der Waals surface area contributed by atoms with Crippen molar-refractivity contribution in [3.63, 3.8) is 0 Å². The van der Waals surface area contributed by atoms with Crippen molar-refractivity contribution in [1.82, 2.24) is 9.47 Å². The van der Waals surface area contributed by atoms with E-state index >= 15 is 0 Å². The van der Waals surface area contributed by atoms with Gasteiger partial charge in [-0.05, 0) is 53.7 Å². The summed E-state index contributed by atoms with van der Waals surface area (Å²) in [5, 5.41) is 10.9. The molecule has 5 nitrogen and oxygen atoms in total. The summed E-state index contributed by atoms with van der Waals surface area (Å²) >= 11 is 0. The minimum atomic E-state index is -0.559. The van der Waals surface area contributed by atoms with Gasteiger partial charge in [0.2, 0.25) is 0 Å². The summed E-state index contributed by atoms with van der Waals surface area (Å²) in [6, 6.07) is 12.2. The molecule has 0 amide bonds. The number of aliphatic hydroxyl groups is 1. The van der Waals surface area contributed by atoms with Gasteiger partial charge in [-0.1, -0.05) is 59.7 Å². The first kappa shape index (κ1) is 26.0. The third-order valence-electron chi connectivity index (χ3n) is 8.71. The lowest BCUT2D eigenvalue weighted by molar-refractivity contribution is 0.0380. The maximum Gasteiger partial charge on any atom is 0.250 e. The van der Waals surface area contributed by atoms with Gasteiger partial charge in [0.25, 0.3) is 5.56 Å². The third-order valence-corrected chi connectivity index (χ3v) is 8.71. The number of aliphatic hydroxyl groups excluding tert-OH is 1. The molecule has 1 aromatic heterocycles. The number of hydrogen-bond acceptors (Lipinski definition) is 4. The zero-order valence-electron chi connectivity index (χ0n) is 22.5. The number of nitrogens with zero attached hydrogens (tertiary/aromatic N) is 2. The molecule has 35 heavy (non-hydrogen) atoms. The first-order chi connectivity index (χ1) is 16.5. The highest BCUT2D eigenvalue weighted by molar-refractivity contribution is 5.44. The molecule has 1 aromatic carbocycles. The van der Waals surface area contributed by atoms with E-state index in [0.29, 0.717) is 18.4 Å². The van der Waals surface area contributed by atoms with Crippen molar-refractivity contribution in [2.24, 2.45) is 5.92 Å². The number of likely N-dealkylation sites (tertiary alicyclic amines) is 1. The van der Waals surface area contributed by atoms with Crippen LogP contribution in [0.5, 0.6) is 5.75 Å². The van der Waals surface area contributed by atoms with Crippen LogP contribution in [0.25, 0.3) is 0 Å². The Kier molecular flexibility index (Phi) is 7.49. The highest BCUT2D eigenvalue weighted by atomic mass is 16.5. The second kappa shape index (κ2) is 10.1. The molecule has 1 fully saturated rings. The van der Waals surface area contributed by atoms with E-state index < -0.39 is 6.10 Å². The van der Waals surface area contributed by atoms with Crippen LogP contribution in [0.3, 0.4) is 0 Å². The molecule has 0 unspecified atom stereocenters. The van der Waals surface area contributed by atoms with E-state index in [9.17, 15) is 9.90 Å². The molecule has 1 N–H and O–H groups in total. The Morgan fingerprint density at radius 2 is 1.77 bits per heavy atom. The van der Waals surface area contributed by atoms with E-state index in [2.05, 4.69) is 70.7 Å². The van der Waals surface area contributed by atoms with Gasteiger partial charge in [-0.2, -0.15) is 0 Å². The van der Waals surface area contributed by atoms with E-state index in [1.807, 2.05) is 10.6 Å². The number of hydrogen-bond donors (Lipinski definition) is 1. The fourth-order valence-electron chi connectivity index (χ4n) is 5.68. The summed E-state index contributed by atoms with van der Waals surface area (Å²) < 4.78 is 8.23. The largest absolute Gasteiger partial charge is 0.491 e. The molecule has 2 aliphatic heterocycles. The summed E-state index contributed by atoms with van der Waals surface area (Å²) in [5.41, 5.74) is 3.93. The zero-order valence-corrected chi connectivity index (χ0v) is 22.5. The molecule has 3 atom stereocenters. The average molecular weight is 481 g/mol. The Balaban J connectivity index is 1.43. The predicted octanol–water partition coefficient (Wildman–Crippen LogP) is 5.08. The summed E-state index contributed by atoms with van der Waals surface area (Å²) in [7, 11) is 0. The van der Waals surface area contributed by atoms with Crippen LogP contribution in [0, 0.1) is 5.92 Å². The van der Waals surface area contributed by atoms with Gasteiger partial charge in [-0.3, -0.25) is 9.69 Å². The summed E-state index contributed by atoms with van der Waals surface area (Å²) in [6.07, 6.45) is 2.66. The van der Waals surface area contributed by atoms with Crippen LogP contribution in [0.15, 0.2) is 41.2 Å². The highest BCUT2D eigenvalue weighted by Gasteiger charge is 2.35. The number of benzene rings is 1. The van der Waals surface area contributed by atoms with Gasteiger partial charge in [0.15, 0.2) is 0 Å². The van der Waals surface area contributed by atoms with Crippen molar-refractivity contribution in [2.45, 2.75) is 90.2 Å². The van der Waals surface area contributed by atoms with Gasteiger partial charge >= 0.3 is 0 Å². The highest BCUT2D eigenvalue weighted by Crippen LogP contribution is 2.39. The molecule has 1 saturated heterocycles. The maximum absolute atomic E-state index is 12.3. The standard InChI is InChI=1S/C30H44N2O3/c1-7-29(3,4)23-12-13-27(25(15-23)30(5,6)8-2)35-20-24(33)19-31-16-21-14-22(18-31)26-10-9-11-28(34)32(26)17-21/h9-13,15,21-22,24,33H,7-8,14,16-20H2,1-6H3/t21-,22-,24+/m1/s1. The first-order valence-corrected chi connectivity index (χ1v) is 13.4. The number of fused-ring (bicyclic) bond motifs is 4. The lowest BCUT2D eigenvalue weighted by atomic mass is 9.76. The Hall–Kier alpha value is -2.11. The molecule has 4 rings (SSSR count). The lowest BCUT2D eigenvalue weighted by Crippen LogP contribution is -2.49. The molecule has 2 aliphatic rings. The fraction of sp³-hybridized carbons (Fsp3) is 0.633. The Morgan fingerprint density at radius 1 is 1.03 bits per heavy atom. The number of ether oxygens (including phenoxy) is 1. The van der Waals surface area contributed by atoms with Crippen LogP contribution in [-0.4, -0.2) is 46.9 Å². The molecule has 0 saturated carbocycles. The van der Waals surface area contributed by atoms with Crippen molar-refractivity contribution in [1.29, 1.82) is 0 Å². The Labute approximate surface area is 211 Å². The molecule has 2 aromatic rings. The lowest BCUT2D eigenvalue weighted by Gasteiger charge is -2.43. The molecule has 5 heteroatoms. The first-order valence-electron chi connectivity index (χ1n) is 13.4. The molecule has 0 radical (unpaired) electrons. The minimum Gasteiger partial charge on any atom is -0.491 e. The molecular formula is C30H44N2O3. The van der Waals surface area contributed by atoms with Gasteiger partial charge in [0.05, 0.1) is 0 Å². The topological polar surface area (TPSA) is 54.7 Å². The van der Waals surface area contributed by atoms with Crippen molar-refractivity contribution >= 4 is 0 Å². The third kappa shape index (κ3) is 5.51. The Bertz CT molecular complexity index is 1090. The number of rotatable bonds is 9. The van der Waals surface area contributed by atoms with Crippen LogP contribution < -0.4 is 10.3 Å². The molecule has 0 aliphatic carbocycles. The molecule has 0 spiro atoms. The Morgan fingerprint density at radius 3 is 2.49 bits per heavy atom. The fourth-order valence-corrected chi connectivity index (χ4v) is 5.68. The number of β-amino-alcohol motifs (C(OH)–C–C–N with tert-alkyl or cyclic N) is 1. The summed E-state index contributed by atoms with van der Waals surface area (Å²) in [5.74, 6) is 1.70. The van der Waals surface area contributed by atoms with Crippen LogP contribution >= 0.6 is 0 Å². The second-order valence-corrected chi connectivity index (χ2v) is 12.1. The smallest absolute Gasteiger partial charge is 0.250 e. The predicted molar refractivity (Wildman–Crippen MR) is 143 cm³/mol. The quantitative estimate of drug-likeness (QED) is 0.544. The van der Waals surface area contributed by atoms with Crippen molar-refractivity contribution in [2.75, 3.05) is 26.2 Å². The zero-order chi connectivity index (χ0) is 25.4. The van der Waals surface area contributed by atoms with E-state index in [1.54, 1.807) is 6.07 Å². The van der Waals surface area contributed by atoms with Gasteiger partial charge in [0.1, 0.15) is 18.5 Å². The summed E-state index contributed by atoms with van der Waals surface area (Å²) in [4.78, 5) is 14.6. The normalized spacial score (nSPS) is 21.5. The van der Waals surface area contributed by atoms with E-state index in [0.717, 1.165) is 50.3 Å². The molecule has 192 valence electrons. The van der Waals surface area contributed by atoms with Gasteiger partial charge < -0.3 is 14.4 Å². The number of piperidine rings is 1. The van der Waals surface area contributed by atoms with Crippen LogP contribution in [0.2, 0.25) is 0 Å². The van der Waals surface area contributed by atoms with E-state index in [4.69, 9.17) is 4.74 Å². The SMILES string of the molecule is CCC(C)(C)c1ccc(OC[C@@H](O)CN2C[C@H]3C[C@H](C2)c2cccc(=O)n2C3)c(C(C)(C)CC)c1. The van der Waals surface area contributed by atoms with Gasteiger partial charge in [-0.25, -0.2) is 0 Å². The van der Waals surface area contributed by atoms with Gasteiger partial charge in [0, 0.05) is 49.4 Å². The number of pyridine rings is 1. The van der Waals surface area contributed by atoms with Crippen molar-refractivity contribution in [3.8, 4) is 5.75 Å². The average Bonchev–Trinajstić information content (AvgIpc) is 2.83. The van der Waals surface area contributed by atoms with Crippen LogP contribution in [-0.2, 0) is 17.4 Å². The monoisotopic (exact) mass is 480 g/mol. The maximum atomic E-state index is 12.3. The molecule has 3 heterocycles. The second-order valence-electron chi connectivity index (χ2n) is 12.1. The van der Waals surface area contributed by atoms with E-state index in [1.165, 1.54) is 11.1 Å². The van der Waals surface area contributed by atoms with Crippen LogP contribution in [0.1, 0.15) is 83.5 Å². The van der Waals surface area contributed by atoms with Crippen molar-refractivity contribution < 1.29 is 9.84 Å². The minimum absolute atomic E-state index is 0.00406. The van der Waals surface area contributed by atoms with Gasteiger partial charge in [-0.15, -0.1) is 0 Å². The number of aromatic nitrogens is 1. The van der Waals surface area contributed by atoms with E-state index in [-0.39, 0.29) is 23.0 Å². The molecule has 2 bridgehead atoms. The molecular weight excluding hydrogens is 436 g/mol.